The van der Waals surface area contributed by atoms with Gasteiger partial charge >= 0.3 is 6.03 Å². The van der Waals surface area contributed by atoms with Crippen molar-refractivity contribution in [3.05, 3.63) is 36.5 Å². The van der Waals surface area contributed by atoms with Crippen molar-refractivity contribution in [2.45, 2.75) is 19.9 Å². The van der Waals surface area contributed by atoms with E-state index in [1.54, 1.807) is 23.6 Å². The van der Waals surface area contributed by atoms with Gasteiger partial charge in [0, 0.05) is 44.3 Å². The summed E-state index contributed by atoms with van der Waals surface area (Å²) in [5.41, 5.74) is 2.22. The number of nitrogens with one attached hydrogen (secondary N) is 1. The van der Waals surface area contributed by atoms with Crippen molar-refractivity contribution in [1.29, 1.82) is 0 Å². The minimum atomic E-state index is -0.175. The summed E-state index contributed by atoms with van der Waals surface area (Å²) in [7, 11) is 1.53. The number of hydrogen-bond donors (Lipinski definition) is 1. The summed E-state index contributed by atoms with van der Waals surface area (Å²) in [5, 5.41) is 11.0. The second-order valence-electron chi connectivity index (χ2n) is 6.80. The van der Waals surface area contributed by atoms with E-state index in [4.69, 9.17) is 4.74 Å². The van der Waals surface area contributed by atoms with E-state index in [1.807, 2.05) is 23.6 Å². The number of carbonyl (C=O) groups excluding carboxylic acids is 1. The number of rotatable bonds is 3. The zero-order valence-electron chi connectivity index (χ0n) is 16.0. The number of ether oxygens (including phenoxy) is 1. The van der Waals surface area contributed by atoms with E-state index in [0.717, 1.165) is 11.4 Å². The van der Waals surface area contributed by atoms with E-state index in [2.05, 4.69) is 37.3 Å². The summed E-state index contributed by atoms with van der Waals surface area (Å²) >= 11 is 0. The first-order valence-corrected chi connectivity index (χ1v) is 9.04. The van der Waals surface area contributed by atoms with Crippen LogP contribution in [-0.4, -0.2) is 68.3 Å². The van der Waals surface area contributed by atoms with Crippen molar-refractivity contribution in [2.75, 3.05) is 37.0 Å². The Morgan fingerprint density at radius 2 is 2.18 bits per heavy atom. The van der Waals surface area contributed by atoms with Crippen LogP contribution >= 0.6 is 0 Å². The van der Waals surface area contributed by atoms with Gasteiger partial charge in [0.1, 0.15) is 12.0 Å². The molecule has 1 unspecified atom stereocenters. The van der Waals surface area contributed by atoms with Crippen molar-refractivity contribution in [2.24, 2.45) is 0 Å². The molecule has 0 bridgehead atoms. The number of fused-ring (bicyclic) bond motifs is 1. The highest BCUT2D eigenvalue weighted by molar-refractivity contribution is 5.91. The zero-order chi connectivity index (χ0) is 19.7. The maximum absolute atomic E-state index is 12.8. The molecule has 0 radical (unpaired) electrons. The Morgan fingerprint density at radius 3 is 2.96 bits per heavy atom. The molecule has 1 aliphatic heterocycles. The number of anilines is 2. The summed E-state index contributed by atoms with van der Waals surface area (Å²) in [6.07, 6.45) is 6.90. The lowest BCUT2D eigenvalue weighted by Gasteiger charge is -2.40. The van der Waals surface area contributed by atoms with Crippen molar-refractivity contribution in [3.63, 3.8) is 0 Å². The molecule has 1 N–H and O–H groups in total. The molecule has 4 heterocycles. The fourth-order valence-electron chi connectivity index (χ4n) is 3.41. The number of urea groups is 1. The summed E-state index contributed by atoms with van der Waals surface area (Å²) in [5.74, 6) is 1.17. The first kappa shape index (κ1) is 18.0. The number of carbonyl (C=O) groups is 1. The second-order valence-corrected chi connectivity index (χ2v) is 6.80. The molecule has 1 fully saturated rings. The van der Waals surface area contributed by atoms with Crippen LogP contribution in [0.15, 0.2) is 31.0 Å². The van der Waals surface area contributed by atoms with Gasteiger partial charge in [-0.25, -0.2) is 14.8 Å². The Kier molecular flexibility index (Phi) is 4.68. The van der Waals surface area contributed by atoms with E-state index in [9.17, 15) is 4.79 Å². The van der Waals surface area contributed by atoms with Crippen molar-refractivity contribution >= 4 is 23.2 Å². The third kappa shape index (κ3) is 3.28. The fourth-order valence-corrected chi connectivity index (χ4v) is 3.41. The van der Waals surface area contributed by atoms with Gasteiger partial charge in [0.05, 0.1) is 7.11 Å². The highest BCUT2D eigenvalue weighted by atomic mass is 16.5. The van der Waals surface area contributed by atoms with Gasteiger partial charge in [0.25, 0.3) is 0 Å². The minimum absolute atomic E-state index is 0.0763. The molecule has 28 heavy (non-hydrogen) atoms. The molecule has 1 aliphatic rings. The topological polar surface area (TPSA) is 101 Å². The molecule has 4 rings (SSSR count). The molecular weight excluding hydrogens is 360 g/mol. The van der Waals surface area contributed by atoms with Crippen LogP contribution in [0.1, 0.15) is 12.5 Å². The quantitative estimate of drug-likeness (QED) is 0.734. The molecule has 10 heteroatoms. The monoisotopic (exact) mass is 382 g/mol. The van der Waals surface area contributed by atoms with E-state index in [1.165, 1.54) is 7.11 Å². The maximum atomic E-state index is 12.8. The van der Waals surface area contributed by atoms with Gasteiger partial charge in [-0.2, -0.15) is 0 Å². The van der Waals surface area contributed by atoms with Crippen LogP contribution in [0.5, 0.6) is 5.88 Å². The van der Waals surface area contributed by atoms with Gasteiger partial charge < -0.3 is 19.9 Å². The first-order valence-electron chi connectivity index (χ1n) is 9.04. The average Bonchev–Trinajstić information content (AvgIpc) is 3.17. The number of piperazine rings is 1. The molecule has 0 aromatic carbocycles. The molecule has 10 nitrogen and oxygen atoms in total. The summed E-state index contributed by atoms with van der Waals surface area (Å²) in [6, 6.07) is 1.75. The van der Waals surface area contributed by atoms with E-state index < -0.39 is 0 Å². The number of aromatic nitrogens is 5. The smallest absolute Gasteiger partial charge is 0.322 e. The predicted octanol–water partition coefficient (Wildman–Crippen LogP) is 1.58. The zero-order valence-corrected chi connectivity index (χ0v) is 16.0. The number of aryl methyl sites for hydroxylation is 1. The molecule has 1 atom stereocenters. The molecule has 0 aliphatic carbocycles. The lowest BCUT2D eigenvalue weighted by atomic mass is 10.2. The van der Waals surface area contributed by atoms with Crippen LogP contribution in [0.3, 0.4) is 0 Å². The van der Waals surface area contributed by atoms with E-state index >= 15 is 0 Å². The Balaban J connectivity index is 1.48. The fraction of sp³-hybridized carbons (Fsp3) is 0.389. The number of pyridine rings is 1. The largest absolute Gasteiger partial charge is 0.480 e. The average molecular weight is 382 g/mol. The highest BCUT2D eigenvalue weighted by Crippen LogP contribution is 2.24. The van der Waals surface area contributed by atoms with Crippen LogP contribution in [0, 0.1) is 6.92 Å². The van der Waals surface area contributed by atoms with Crippen LogP contribution in [0.4, 0.5) is 16.3 Å². The van der Waals surface area contributed by atoms with E-state index in [-0.39, 0.29) is 12.1 Å². The molecular formula is C18H22N8O2. The highest BCUT2D eigenvalue weighted by Gasteiger charge is 2.29. The Bertz CT molecular complexity index is 1000. The third-order valence-electron chi connectivity index (χ3n) is 4.81. The number of nitrogens with zero attached hydrogens (tertiary/aromatic N) is 7. The van der Waals surface area contributed by atoms with Crippen LogP contribution in [0.25, 0.3) is 5.65 Å². The molecule has 3 aromatic heterocycles. The summed E-state index contributed by atoms with van der Waals surface area (Å²) < 4.78 is 7.08. The van der Waals surface area contributed by atoms with Crippen molar-refractivity contribution in [1.82, 2.24) is 29.5 Å². The minimum Gasteiger partial charge on any atom is -0.480 e. The molecule has 146 valence electrons. The van der Waals surface area contributed by atoms with E-state index in [0.29, 0.717) is 36.8 Å². The second kappa shape index (κ2) is 7.29. The standard InChI is InChI=1S/C18H22N8O2/c1-12-8-14(17(28-3)20-9-12)22-18(27)24-6-7-26(13(2)10-24)15-16-23-21-11-25(16)5-4-19-15/h4-5,8-9,11,13H,6-7,10H2,1-3H3,(H,22,27). The number of hydrogen-bond acceptors (Lipinski definition) is 7. The maximum Gasteiger partial charge on any atom is 0.322 e. The number of amides is 2. The molecule has 2 amide bonds. The lowest BCUT2D eigenvalue weighted by molar-refractivity contribution is 0.200. The predicted molar refractivity (Wildman–Crippen MR) is 104 cm³/mol. The van der Waals surface area contributed by atoms with Gasteiger partial charge in [-0.1, -0.05) is 0 Å². The van der Waals surface area contributed by atoms with Gasteiger partial charge in [-0.05, 0) is 25.5 Å². The van der Waals surface area contributed by atoms with Crippen LogP contribution < -0.4 is 15.0 Å². The summed E-state index contributed by atoms with van der Waals surface area (Å²) in [6.45, 7) is 5.76. The Hall–Kier alpha value is -3.43. The Morgan fingerprint density at radius 1 is 1.32 bits per heavy atom. The van der Waals surface area contributed by atoms with Gasteiger partial charge in [-0.15, -0.1) is 10.2 Å². The van der Waals surface area contributed by atoms with Crippen LogP contribution in [-0.2, 0) is 0 Å². The van der Waals surface area contributed by atoms with Gasteiger partial charge in [0.15, 0.2) is 5.82 Å². The Labute approximate surface area is 162 Å². The third-order valence-corrected chi connectivity index (χ3v) is 4.81. The number of methoxy groups -OCH3 is 1. The summed E-state index contributed by atoms with van der Waals surface area (Å²) in [4.78, 5) is 25.4. The normalized spacial score (nSPS) is 17.0. The molecule has 0 saturated carbocycles. The van der Waals surface area contributed by atoms with Crippen molar-refractivity contribution in [3.8, 4) is 5.88 Å². The molecule has 1 saturated heterocycles. The lowest BCUT2D eigenvalue weighted by Crippen LogP contribution is -2.55. The first-order chi connectivity index (χ1) is 13.6. The van der Waals surface area contributed by atoms with Crippen LogP contribution in [0.2, 0.25) is 0 Å². The van der Waals surface area contributed by atoms with Gasteiger partial charge in [0.2, 0.25) is 11.5 Å². The molecule has 0 spiro atoms. The van der Waals surface area contributed by atoms with Crippen molar-refractivity contribution < 1.29 is 9.53 Å². The molecule has 3 aromatic rings. The SMILES string of the molecule is COc1ncc(C)cc1NC(=O)N1CCN(c2nccn3cnnc23)C(C)C1. The van der Waals surface area contributed by atoms with Gasteiger partial charge in [-0.3, -0.25) is 4.40 Å².